The predicted octanol–water partition coefficient (Wildman–Crippen LogP) is 1.69. The molecular weight excluding hydrogens is 197 g/mol. The van der Waals surface area contributed by atoms with E-state index in [0.717, 1.165) is 5.69 Å². The van der Waals surface area contributed by atoms with Gasteiger partial charge in [-0.2, -0.15) is 0 Å². The van der Waals surface area contributed by atoms with Gasteiger partial charge in [0.25, 0.3) is 0 Å². The van der Waals surface area contributed by atoms with Gasteiger partial charge in [-0.05, 0) is 12.1 Å². The van der Waals surface area contributed by atoms with Gasteiger partial charge in [-0.25, -0.2) is 0 Å². The minimum absolute atomic E-state index is 0. The van der Waals surface area contributed by atoms with Crippen molar-refractivity contribution in [2.75, 3.05) is 11.9 Å². The molecule has 0 aliphatic carbocycles. The maximum absolute atomic E-state index is 4.89. The molecule has 0 radical (unpaired) electrons. The van der Waals surface area contributed by atoms with E-state index >= 15 is 0 Å². The van der Waals surface area contributed by atoms with Gasteiger partial charge in [0.2, 0.25) is 0 Å². The van der Waals surface area contributed by atoms with E-state index in [2.05, 4.69) is 12.6 Å². The van der Waals surface area contributed by atoms with Crippen molar-refractivity contribution in [2.24, 2.45) is 0 Å². The third-order valence-corrected chi connectivity index (χ3v) is 2.00. The fourth-order valence-corrected chi connectivity index (χ4v) is 0.983. The van der Waals surface area contributed by atoms with Crippen molar-refractivity contribution in [3.05, 3.63) is 30.3 Å². The molecule has 0 aromatic heterocycles. The van der Waals surface area contributed by atoms with Gasteiger partial charge >= 0.3 is 29.6 Å². The van der Waals surface area contributed by atoms with Gasteiger partial charge < -0.3 is 4.90 Å². The van der Waals surface area contributed by atoms with Crippen LogP contribution < -0.4 is 4.90 Å². The molecule has 0 aliphatic heterocycles. The number of anilines is 1. The Morgan fingerprint density at radius 2 is 1.83 bits per heavy atom. The van der Waals surface area contributed by atoms with Crippen molar-refractivity contribution in [1.82, 2.24) is 0 Å². The van der Waals surface area contributed by atoms with Crippen LogP contribution in [0.15, 0.2) is 30.3 Å². The second-order valence-corrected chi connectivity index (χ2v) is 3.29. The summed E-state index contributed by atoms with van der Waals surface area (Å²) in [5, 5.41) is 0. The molecule has 1 aromatic rings. The SMILES string of the molecule is CN(C(=S)S)c1ccccc1.[NaH]. The van der Waals surface area contributed by atoms with Crippen molar-refractivity contribution >= 4 is 64.4 Å². The molecule has 0 N–H and O–H groups in total. The third kappa shape index (κ3) is 3.46. The Kier molecular flexibility index (Phi) is 6.23. The average molecular weight is 207 g/mol. The minimum atomic E-state index is 0. The Hall–Kier alpha value is 0.460. The van der Waals surface area contributed by atoms with Gasteiger partial charge in [0, 0.05) is 12.7 Å². The van der Waals surface area contributed by atoms with Crippen molar-refractivity contribution < 1.29 is 0 Å². The van der Waals surface area contributed by atoms with E-state index in [0.29, 0.717) is 4.32 Å². The molecule has 0 heterocycles. The number of nitrogens with zero attached hydrogens (tertiary/aromatic N) is 1. The molecule has 0 amide bonds. The van der Waals surface area contributed by atoms with Gasteiger partial charge in [0.05, 0.1) is 0 Å². The fourth-order valence-electron chi connectivity index (χ4n) is 0.762. The Bertz CT molecular complexity index is 250. The number of rotatable bonds is 1. The Balaban J connectivity index is 0.00000121. The molecule has 60 valence electrons. The number of thiol groups is 1. The Morgan fingerprint density at radius 3 is 2.25 bits per heavy atom. The summed E-state index contributed by atoms with van der Waals surface area (Å²) in [5.41, 5.74) is 1.06. The van der Waals surface area contributed by atoms with Crippen LogP contribution in [0.4, 0.5) is 5.69 Å². The van der Waals surface area contributed by atoms with Crippen molar-refractivity contribution in [1.29, 1.82) is 0 Å². The van der Waals surface area contributed by atoms with Crippen LogP contribution >= 0.6 is 24.8 Å². The summed E-state index contributed by atoms with van der Waals surface area (Å²) in [6.45, 7) is 0. The predicted molar refractivity (Wildman–Crippen MR) is 63.6 cm³/mol. The summed E-state index contributed by atoms with van der Waals surface area (Å²) in [6, 6.07) is 9.89. The zero-order chi connectivity index (χ0) is 8.27. The summed E-state index contributed by atoms with van der Waals surface area (Å²) in [7, 11) is 1.89. The van der Waals surface area contributed by atoms with Gasteiger partial charge in [-0.1, -0.05) is 30.4 Å². The number of thiocarbonyl (C=S) groups is 1. The second kappa shape index (κ2) is 6.00. The summed E-state index contributed by atoms with van der Waals surface area (Å²) in [5.74, 6) is 0. The summed E-state index contributed by atoms with van der Waals surface area (Å²) >= 11 is 8.95. The van der Waals surface area contributed by atoms with Crippen molar-refractivity contribution in [2.45, 2.75) is 0 Å². The number of hydrogen-bond donors (Lipinski definition) is 1. The van der Waals surface area contributed by atoms with E-state index in [-0.39, 0.29) is 29.6 Å². The monoisotopic (exact) mass is 207 g/mol. The van der Waals surface area contributed by atoms with Crippen LogP contribution in [-0.2, 0) is 0 Å². The molecule has 0 aliphatic rings. The molecule has 4 heteroatoms. The molecule has 0 fully saturated rings. The summed E-state index contributed by atoms with van der Waals surface area (Å²) in [6.07, 6.45) is 0. The number of para-hydroxylation sites is 1. The standard InChI is InChI=1S/C8H9NS2.Na.H/c1-9(8(10)11)7-5-3-2-4-6-7;;/h2-6H,1H3,(H,10,11);;. The van der Waals surface area contributed by atoms with Gasteiger partial charge in [0.15, 0.2) is 0 Å². The zero-order valence-electron chi connectivity index (χ0n) is 6.19. The fraction of sp³-hybridized carbons (Fsp3) is 0.125. The first-order chi connectivity index (χ1) is 5.22. The Labute approximate surface area is 106 Å². The normalized spacial score (nSPS) is 8.50. The van der Waals surface area contributed by atoms with E-state index in [1.807, 2.05) is 42.3 Å². The summed E-state index contributed by atoms with van der Waals surface area (Å²) in [4.78, 5) is 1.85. The molecular formula is C8H10NNaS2. The van der Waals surface area contributed by atoms with E-state index in [4.69, 9.17) is 12.2 Å². The first-order valence-electron chi connectivity index (χ1n) is 3.23. The van der Waals surface area contributed by atoms with Gasteiger partial charge in [0.1, 0.15) is 4.32 Å². The second-order valence-electron chi connectivity index (χ2n) is 2.18. The molecule has 1 rings (SSSR count). The van der Waals surface area contributed by atoms with Crippen LogP contribution in [0.1, 0.15) is 0 Å². The molecule has 1 aromatic carbocycles. The molecule has 0 bridgehead atoms. The average Bonchev–Trinajstić information content (AvgIpc) is 2.05. The van der Waals surface area contributed by atoms with Crippen molar-refractivity contribution in [3.8, 4) is 0 Å². The topological polar surface area (TPSA) is 3.24 Å². The molecule has 1 nitrogen and oxygen atoms in total. The van der Waals surface area contributed by atoms with Crippen LogP contribution in [-0.4, -0.2) is 40.9 Å². The first kappa shape index (κ1) is 12.5. The van der Waals surface area contributed by atoms with Crippen LogP contribution in [0.25, 0.3) is 0 Å². The van der Waals surface area contributed by atoms with Crippen LogP contribution in [0.5, 0.6) is 0 Å². The quantitative estimate of drug-likeness (QED) is 0.424. The van der Waals surface area contributed by atoms with Crippen LogP contribution in [0.2, 0.25) is 0 Å². The zero-order valence-corrected chi connectivity index (χ0v) is 7.90. The molecule has 0 atom stereocenters. The van der Waals surface area contributed by atoms with Gasteiger partial charge in [-0.3, -0.25) is 0 Å². The molecule has 0 saturated heterocycles. The van der Waals surface area contributed by atoms with Crippen molar-refractivity contribution in [3.63, 3.8) is 0 Å². The van der Waals surface area contributed by atoms with E-state index in [9.17, 15) is 0 Å². The van der Waals surface area contributed by atoms with E-state index < -0.39 is 0 Å². The first-order valence-corrected chi connectivity index (χ1v) is 4.09. The Morgan fingerprint density at radius 1 is 1.33 bits per heavy atom. The summed E-state index contributed by atoms with van der Waals surface area (Å²) < 4.78 is 0.580. The van der Waals surface area contributed by atoms with Crippen LogP contribution in [0, 0.1) is 0 Å². The van der Waals surface area contributed by atoms with Gasteiger partial charge in [-0.15, -0.1) is 12.6 Å². The number of benzene rings is 1. The molecule has 0 saturated carbocycles. The number of hydrogen-bond acceptors (Lipinski definition) is 1. The molecule has 12 heavy (non-hydrogen) atoms. The molecule has 0 unspecified atom stereocenters. The molecule has 0 spiro atoms. The third-order valence-electron chi connectivity index (χ3n) is 1.43. The van der Waals surface area contributed by atoms with E-state index in [1.54, 1.807) is 0 Å². The van der Waals surface area contributed by atoms with E-state index in [1.165, 1.54) is 0 Å². The van der Waals surface area contributed by atoms with Crippen LogP contribution in [0.3, 0.4) is 0 Å². The maximum atomic E-state index is 4.89.